The third kappa shape index (κ3) is 5.95. The summed E-state index contributed by atoms with van der Waals surface area (Å²) in [6.45, 7) is -0.391. The van der Waals surface area contributed by atoms with E-state index in [1.165, 1.54) is 62.8 Å². The monoisotopic (exact) mass is 458 g/mol. The van der Waals surface area contributed by atoms with E-state index in [9.17, 15) is 13.6 Å². The number of halogens is 2. The average molecular weight is 458 g/mol. The number of nitrogens with zero attached hydrogens (tertiary/aromatic N) is 1. The molecule has 0 saturated carbocycles. The molecule has 0 radical (unpaired) electrons. The molecule has 0 fully saturated rings. The van der Waals surface area contributed by atoms with Gasteiger partial charge in [-0.25, -0.2) is 13.8 Å². The average Bonchev–Trinajstić information content (AvgIpc) is 2.85. The van der Waals surface area contributed by atoms with Crippen molar-refractivity contribution in [3.8, 4) is 28.5 Å². The van der Waals surface area contributed by atoms with Crippen LogP contribution in [0.3, 0.4) is 0 Å². The molecule has 9 heteroatoms. The third-order valence-corrected chi connectivity index (χ3v) is 4.75. The Morgan fingerprint density at radius 2 is 1.73 bits per heavy atom. The number of pyridine rings is 1. The molecule has 0 spiro atoms. The Morgan fingerprint density at radius 1 is 1.03 bits per heavy atom. The van der Waals surface area contributed by atoms with Crippen molar-refractivity contribution in [2.45, 2.75) is 6.17 Å². The van der Waals surface area contributed by atoms with E-state index in [1.54, 1.807) is 6.07 Å². The SMILES string of the molecule is COc1cc(C(=O)NCC(F)c2ccc(OC)c(-c3ccc(F)cc3)n2)ccc1OCCO. The van der Waals surface area contributed by atoms with Gasteiger partial charge in [0.15, 0.2) is 17.7 Å². The molecule has 0 aliphatic rings. The van der Waals surface area contributed by atoms with Crippen LogP contribution in [0.15, 0.2) is 54.6 Å². The van der Waals surface area contributed by atoms with Crippen molar-refractivity contribution in [2.24, 2.45) is 0 Å². The molecule has 3 rings (SSSR count). The van der Waals surface area contributed by atoms with Gasteiger partial charge in [-0.3, -0.25) is 4.79 Å². The third-order valence-electron chi connectivity index (χ3n) is 4.75. The van der Waals surface area contributed by atoms with Gasteiger partial charge in [0.1, 0.15) is 23.9 Å². The van der Waals surface area contributed by atoms with E-state index in [-0.39, 0.29) is 31.0 Å². The lowest BCUT2D eigenvalue weighted by atomic mass is 10.1. The number of nitrogens with one attached hydrogen (secondary N) is 1. The lowest BCUT2D eigenvalue weighted by Gasteiger charge is -2.14. The van der Waals surface area contributed by atoms with Gasteiger partial charge in [0.2, 0.25) is 0 Å². The summed E-state index contributed by atoms with van der Waals surface area (Å²) in [7, 11) is 2.89. The van der Waals surface area contributed by atoms with Gasteiger partial charge in [0.05, 0.1) is 33.1 Å². The second-order valence-electron chi connectivity index (χ2n) is 6.91. The van der Waals surface area contributed by atoms with Gasteiger partial charge < -0.3 is 24.6 Å². The Morgan fingerprint density at radius 3 is 2.39 bits per heavy atom. The summed E-state index contributed by atoms with van der Waals surface area (Å²) >= 11 is 0. The molecule has 0 bridgehead atoms. The van der Waals surface area contributed by atoms with Gasteiger partial charge in [-0.15, -0.1) is 0 Å². The second-order valence-corrected chi connectivity index (χ2v) is 6.91. The first kappa shape index (κ1) is 23.9. The molecular formula is C24H24F2N2O5. The molecule has 0 saturated heterocycles. The van der Waals surface area contributed by atoms with Crippen molar-refractivity contribution in [2.75, 3.05) is 34.0 Å². The second kappa shape index (κ2) is 11.2. The highest BCUT2D eigenvalue weighted by atomic mass is 19.1. The Bertz CT molecular complexity index is 1090. The maximum Gasteiger partial charge on any atom is 0.251 e. The van der Waals surface area contributed by atoms with E-state index in [2.05, 4.69) is 10.3 Å². The van der Waals surface area contributed by atoms with E-state index < -0.39 is 17.9 Å². The molecule has 2 aromatic carbocycles. The fourth-order valence-corrected chi connectivity index (χ4v) is 3.09. The van der Waals surface area contributed by atoms with E-state index in [4.69, 9.17) is 19.3 Å². The molecule has 174 valence electrons. The Labute approximate surface area is 189 Å². The van der Waals surface area contributed by atoms with Crippen molar-refractivity contribution in [1.82, 2.24) is 10.3 Å². The number of carbonyl (C=O) groups is 1. The molecule has 7 nitrogen and oxygen atoms in total. The van der Waals surface area contributed by atoms with Crippen LogP contribution in [0.5, 0.6) is 17.2 Å². The summed E-state index contributed by atoms with van der Waals surface area (Å²) in [6.07, 6.45) is -1.59. The van der Waals surface area contributed by atoms with Crippen molar-refractivity contribution < 1.29 is 32.9 Å². The molecule has 0 aliphatic heterocycles. The van der Waals surface area contributed by atoms with Crippen LogP contribution in [-0.4, -0.2) is 50.0 Å². The topological polar surface area (TPSA) is 89.9 Å². The number of benzene rings is 2. The molecule has 1 aromatic heterocycles. The number of hydrogen-bond acceptors (Lipinski definition) is 6. The predicted octanol–water partition coefficient (Wildman–Crippen LogP) is 3.72. The number of ether oxygens (including phenoxy) is 3. The van der Waals surface area contributed by atoms with Crippen molar-refractivity contribution in [3.63, 3.8) is 0 Å². The highest BCUT2D eigenvalue weighted by Crippen LogP contribution is 2.31. The molecule has 1 unspecified atom stereocenters. The van der Waals surface area contributed by atoms with Gasteiger partial charge in [-0.05, 0) is 54.6 Å². The zero-order chi connectivity index (χ0) is 23.8. The highest BCUT2D eigenvalue weighted by Gasteiger charge is 2.18. The van der Waals surface area contributed by atoms with Crippen LogP contribution >= 0.6 is 0 Å². The Kier molecular flexibility index (Phi) is 8.15. The first-order valence-electron chi connectivity index (χ1n) is 10.1. The lowest BCUT2D eigenvalue weighted by Crippen LogP contribution is -2.27. The number of amides is 1. The fraction of sp³-hybridized carbons (Fsp3) is 0.250. The summed E-state index contributed by atoms with van der Waals surface area (Å²) in [6, 6.07) is 13.2. The summed E-state index contributed by atoms with van der Waals surface area (Å²) in [4.78, 5) is 16.8. The number of alkyl halides is 1. The maximum atomic E-state index is 14.9. The van der Waals surface area contributed by atoms with Crippen LogP contribution in [0.25, 0.3) is 11.3 Å². The molecule has 33 heavy (non-hydrogen) atoms. The maximum absolute atomic E-state index is 14.9. The van der Waals surface area contributed by atoms with Crippen molar-refractivity contribution >= 4 is 5.91 Å². The van der Waals surface area contributed by atoms with Crippen molar-refractivity contribution in [1.29, 1.82) is 0 Å². The van der Waals surface area contributed by atoms with E-state index in [0.717, 1.165) is 0 Å². The summed E-state index contributed by atoms with van der Waals surface area (Å²) in [5, 5.41) is 11.4. The molecular weight excluding hydrogens is 434 g/mol. The number of aromatic nitrogens is 1. The lowest BCUT2D eigenvalue weighted by molar-refractivity contribution is 0.0941. The molecule has 1 heterocycles. The number of aliphatic hydroxyl groups is 1. The van der Waals surface area contributed by atoms with Gasteiger partial charge in [0, 0.05) is 11.1 Å². The summed E-state index contributed by atoms with van der Waals surface area (Å²) < 4.78 is 44.0. The first-order valence-corrected chi connectivity index (χ1v) is 10.1. The van der Waals surface area contributed by atoms with Crippen LogP contribution in [0, 0.1) is 5.82 Å². The van der Waals surface area contributed by atoms with Gasteiger partial charge in [-0.2, -0.15) is 0 Å². The number of methoxy groups -OCH3 is 2. The van der Waals surface area contributed by atoms with Crippen LogP contribution in [0.1, 0.15) is 22.2 Å². The number of hydrogen-bond donors (Lipinski definition) is 2. The molecule has 3 aromatic rings. The number of carbonyl (C=O) groups excluding carboxylic acids is 1. The highest BCUT2D eigenvalue weighted by molar-refractivity contribution is 5.94. The first-order chi connectivity index (χ1) is 16.0. The molecule has 0 aliphatic carbocycles. The number of aliphatic hydroxyl groups excluding tert-OH is 1. The Hall–Kier alpha value is -3.72. The fourth-order valence-electron chi connectivity index (χ4n) is 3.09. The quantitative estimate of drug-likeness (QED) is 0.481. The van der Waals surface area contributed by atoms with Gasteiger partial charge >= 0.3 is 0 Å². The molecule has 1 amide bonds. The van der Waals surface area contributed by atoms with Crippen LogP contribution in [0.4, 0.5) is 8.78 Å². The smallest absolute Gasteiger partial charge is 0.251 e. The Balaban J connectivity index is 1.71. The molecule has 2 N–H and O–H groups in total. The zero-order valence-electron chi connectivity index (χ0n) is 18.2. The van der Waals surface area contributed by atoms with Crippen molar-refractivity contribution in [3.05, 3.63) is 71.7 Å². The minimum atomic E-state index is -1.59. The van der Waals surface area contributed by atoms with Crippen LogP contribution < -0.4 is 19.5 Å². The summed E-state index contributed by atoms with van der Waals surface area (Å²) in [5.74, 6) is 0.203. The minimum Gasteiger partial charge on any atom is -0.494 e. The predicted molar refractivity (Wildman–Crippen MR) is 118 cm³/mol. The van der Waals surface area contributed by atoms with E-state index in [0.29, 0.717) is 28.5 Å². The van der Waals surface area contributed by atoms with Crippen LogP contribution in [0.2, 0.25) is 0 Å². The molecule has 1 atom stereocenters. The largest absolute Gasteiger partial charge is 0.494 e. The normalized spacial score (nSPS) is 11.5. The zero-order valence-corrected chi connectivity index (χ0v) is 18.2. The van der Waals surface area contributed by atoms with Crippen LogP contribution in [-0.2, 0) is 0 Å². The van der Waals surface area contributed by atoms with Gasteiger partial charge in [-0.1, -0.05) is 0 Å². The summed E-state index contributed by atoms with van der Waals surface area (Å²) in [5.41, 5.74) is 1.29. The van der Waals surface area contributed by atoms with E-state index >= 15 is 0 Å². The standard InChI is InChI=1S/C24H24F2N2O5/c1-31-21-10-8-19(28-23(21)15-3-6-17(25)7-4-15)18(26)14-27-24(30)16-5-9-20(33-12-11-29)22(13-16)32-2/h3-10,13,18,29H,11-12,14H2,1-2H3,(H,27,30). The van der Waals surface area contributed by atoms with E-state index in [1.807, 2.05) is 0 Å². The minimum absolute atomic E-state index is 0.0835. The van der Waals surface area contributed by atoms with Gasteiger partial charge in [0.25, 0.3) is 5.91 Å². The number of rotatable bonds is 10.